The molecule has 20 heavy (non-hydrogen) atoms. The van der Waals surface area contributed by atoms with Crippen LogP contribution in [0.3, 0.4) is 0 Å². The molecule has 0 saturated heterocycles. The van der Waals surface area contributed by atoms with Gasteiger partial charge in [-0.05, 0) is 44.5 Å². The average Bonchev–Trinajstić information content (AvgIpc) is 2.45. The van der Waals surface area contributed by atoms with E-state index in [0.717, 1.165) is 36.4 Å². The van der Waals surface area contributed by atoms with Gasteiger partial charge in [0.2, 0.25) is 0 Å². The molecule has 1 aliphatic rings. The van der Waals surface area contributed by atoms with E-state index in [2.05, 4.69) is 38.7 Å². The molecule has 0 aliphatic carbocycles. The van der Waals surface area contributed by atoms with Crippen molar-refractivity contribution in [3.8, 4) is 5.75 Å². The summed E-state index contributed by atoms with van der Waals surface area (Å²) < 4.78 is 5.98. The van der Waals surface area contributed by atoms with Gasteiger partial charge >= 0.3 is 0 Å². The molecular weight excluding hydrogens is 250 g/mol. The fourth-order valence-electron chi connectivity index (χ4n) is 2.93. The van der Waals surface area contributed by atoms with E-state index in [0.29, 0.717) is 6.61 Å². The van der Waals surface area contributed by atoms with Crippen LogP contribution in [0.1, 0.15) is 49.5 Å². The maximum absolute atomic E-state index is 10.7. The van der Waals surface area contributed by atoms with Crippen molar-refractivity contribution in [1.29, 1.82) is 0 Å². The number of hydrogen-bond donors (Lipinski definition) is 1. The van der Waals surface area contributed by atoms with Crippen molar-refractivity contribution in [2.75, 3.05) is 19.7 Å². The fraction of sp³-hybridized carbons (Fsp3) is 0.647. The molecule has 0 spiro atoms. The van der Waals surface area contributed by atoms with Crippen molar-refractivity contribution in [1.82, 2.24) is 4.90 Å². The van der Waals surface area contributed by atoms with Crippen molar-refractivity contribution >= 4 is 0 Å². The monoisotopic (exact) mass is 277 g/mol. The highest BCUT2D eigenvalue weighted by Gasteiger charge is 2.33. The second-order valence-corrected chi connectivity index (χ2v) is 5.73. The van der Waals surface area contributed by atoms with Crippen LogP contribution in [0.2, 0.25) is 0 Å². The smallest absolute Gasteiger partial charge is 0.128 e. The Morgan fingerprint density at radius 1 is 1.30 bits per heavy atom. The number of benzene rings is 1. The van der Waals surface area contributed by atoms with Crippen LogP contribution < -0.4 is 4.74 Å². The Balaban J connectivity index is 2.22. The van der Waals surface area contributed by atoms with Crippen LogP contribution in [0.5, 0.6) is 5.75 Å². The third-order valence-electron chi connectivity index (χ3n) is 4.46. The zero-order valence-electron chi connectivity index (χ0n) is 13.1. The van der Waals surface area contributed by atoms with Gasteiger partial charge in [0, 0.05) is 5.56 Å². The van der Waals surface area contributed by atoms with Crippen molar-refractivity contribution in [2.45, 2.75) is 52.7 Å². The third-order valence-corrected chi connectivity index (χ3v) is 4.46. The van der Waals surface area contributed by atoms with Gasteiger partial charge in [0.15, 0.2) is 0 Å². The largest absolute Gasteiger partial charge is 0.491 e. The first-order valence-corrected chi connectivity index (χ1v) is 7.75. The summed E-state index contributed by atoms with van der Waals surface area (Å²) in [6, 6.07) is 4.16. The summed E-state index contributed by atoms with van der Waals surface area (Å²) in [5.41, 5.74) is 3.31. The Morgan fingerprint density at radius 3 is 2.70 bits per heavy atom. The van der Waals surface area contributed by atoms with Crippen LogP contribution in [0.25, 0.3) is 0 Å². The van der Waals surface area contributed by atoms with Gasteiger partial charge in [-0.1, -0.05) is 32.4 Å². The maximum Gasteiger partial charge on any atom is 0.128 e. The number of fused-ring (bicyclic) bond motifs is 1. The maximum atomic E-state index is 10.7. The fourth-order valence-corrected chi connectivity index (χ4v) is 2.93. The number of hydrogen-bond acceptors (Lipinski definition) is 3. The summed E-state index contributed by atoms with van der Waals surface area (Å²) in [6.45, 7) is 11.0. The van der Waals surface area contributed by atoms with Crippen LogP contribution >= 0.6 is 0 Å². The Labute approximate surface area is 122 Å². The van der Waals surface area contributed by atoms with Gasteiger partial charge < -0.3 is 9.84 Å². The summed E-state index contributed by atoms with van der Waals surface area (Å²) in [5, 5.41) is 10.7. The molecule has 1 heterocycles. The van der Waals surface area contributed by atoms with Gasteiger partial charge in [-0.25, -0.2) is 0 Å². The van der Waals surface area contributed by atoms with Crippen LogP contribution in [0.15, 0.2) is 12.1 Å². The van der Waals surface area contributed by atoms with E-state index in [-0.39, 0.29) is 6.04 Å². The molecule has 1 N–H and O–H groups in total. The number of likely N-dealkylation sites (N-methyl/N-ethyl adjacent to an activating group) is 1. The number of unbranched alkanes of at least 4 members (excludes halogenated alkanes) is 1. The highest BCUT2D eigenvalue weighted by atomic mass is 16.5. The van der Waals surface area contributed by atoms with Gasteiger partial charge in [-0.3, -0.25) is 4.90 Å². The van der Waals surface area contributed by atoms with Gasteiger partial charge in [0.25, 0.3) is 0 Å². The number of aliphatic hydroxyl groups excluding tert-OH is 1. The van der Waals surface area contributed by atoms with Crippen LogP contribution in [-0.4, -0.2) is 35.7 Å². The summed E-state index contributed by atoms with van der Waals surface area (Å²) in [4.78, 5) is 2.34. The van der Waals surface area contributed by atoms with E-state index in [1.54, 1.807) is 0 Å². The van der Waals surface area contributed by atoms with E-state index >= 15 is 0 Å². The molecule has 2 unspecified atom stereocenters. The Morgan fingerprint density at radius 2 is 2.05 bits per heavy atom. The molecule has 1 aromatic rings. The molecule has 112 valence electrons. The molecule has 0 aromatic heterocycles. The van der Waals surface area contributed by atoms with Crippen LogP contribution in [-0.2, 0) is 0 Å². The first-order valence-electron chi connectivity index (χ1n) is 7.75. The van der Waals surface area contributed by atoms with Gasteiger partial charge in [0.05, 0.1) is 6.04 Å². The van der Waals surface area contributed by atoms with E-state index < -0.39 is 6.10 Å². The lowest BCUT2D eigenvalue weighted by Crippen LogP contribution is -2.46. The Bertz CT molecular complexity index is 459. The predicted octanol–water partition coefficient (Wildman–Crippen LogP) is 3.22. The molecule has 0 amide bonds. The highest BCUT2D eigenvalue weighted by Crippen LogP contribution is 2.37. The third kappa shape index (κ3) is 2.84. The van der Waals surface area contributed by atoms with Crippen LogP contribution in [0.4, 0.5) is 0 Å². The average molecular weight is 277 g/mol. The quantitative estimate of drug-likeness (QED) is 0.897. The summed E-state index contributed by atoms with van der Waals surface area (Å²) in [7, 11) is 0. The standard InChI is InChI=1S/C17H27NO2/c1-5-7-10-18(6-2)15-11-20-17-13(4)12(3)8-9-14(17)16(15)19/h8-9,15-16,19H,5-7,10-11H2,1-4H3. The van der Waals surface area contributed by atoms with Crippen molar-refractivity contribution < 1.29 is 9.84 Å². The number of rotatable bonds is 5. The zero-order chi connectivity index (χ0) is 14.7. The van der Waals surface area contributed by atoms with E-state index in [1.165, 1.54) is 12.0 Å². The number of aliphatic hydroxyl groups is 1. The minimum absolute atomic E-state index is 0.0705. The second-order valence-electron chi connectivity index (χ2n) is 5.73. The zero-order valence-corrected chi connectivity index (χ0v) is 13.1. The minimum Gasteiger partial charge on any atom is -0.491 e. The van der Waals surface area contributed by atoms with E-state index in [9.17, 15) is 5.11 Å². The van der Waals surface area contributed by atoms with Gasteiger partial charge in [0.1, 0.15) is 18.5 Å². The molecule has 0 fully saturated rings. The van der Waals surface area contributed by atoms with Crippen LogP contribution in [0, 0.1) is 13.8 Å². The lowest BCUT2D eigenvalue weighted by molar-refractivity contribution is 0.00471. The Kier molecular flexibility index (Phi) is 5.06. The molecule has 2 atom stereocenters. The number of ether oxygens (including phenoxy) is 1. The predicted molar refractivity (Wildman–Crippen MR) is 82.3 cm³/mol. The lowest BCUT2D eigenvalue weighted by atomic mass is 9.93. The van der Waals surface area contributed by atoms with Crippen molar-refractivity contribution in [2.24, 2.45) is 0 Å². The topological polar surface area (TPSA) is 32.7 Å². The molecular formula is C17H27NO2. The first kappa shape index (κ1) is 15.3. The normalized spacial score (nSPS) is 21.7. The van der Waals surface area contributed by atoms with Gasteiger partial charge in [-0.2, -0.15) is 0 Å². The van der Waals surface area contributed by atoms with Crippen molar-refractivity contribution in [3.05, 3.63) is 28.8 Å². The number of nitrogens with zero attached hydrogens (tertiary/aromatic N) is 1. The van der Waals surface area contributed by atoms with Crippen molar-refractivity contribution in [3.63, 3.8) is 0 Å². The Hall–Kier alpha value is -1.06. The summed E-state index contributed by atoms with van der Waals surface area (Å²) in [5.74, 6) is 0.889. The first-order chi connectivity index (χ1) is 9.60. The highest BCUT2D eigenvalue weighted by molar-refractivity contribution is 5.48. The summed E-state index contributed by atoms with van der Waals surface area (Å²) >= 11 is 0. The number of aryl methyl sites for hydroxylation is 1. The minimum atomic E-state index is -0.449. The molecule has 3 heteroatoms. The molecule has 1 aliphatic heterocycles. The molecule has 0 radical (unpaired) electrons. The van der Waals surface area contributed by atoms with E-state index in [1.807, 2.05) is 6.07 Å². The lowest BCUT2D eigenvalue weighted by Gasteiger charge is -2.38. The second kappa shape index (κ2) is 6.59. The van der Waals surface area contributed by atoms with Gasteiger partial charge in [-0.15, -0.1) is 0 Å². The molecule has 3 nitrogen and oxygen atoms in total. The molecule has 2 rings (SSSR count). The molecule has 0 saturated carbocycles. The molecule has 0 bridgehead atoms. The summed E-state index contributed by atoms with van der Waals surface area (Å²) in [6.07, 6.45) is 1.89. The van der Waals surface area contributed by atoms with E-state index in [4.69, 9.17) is 4.74 Å². The SMILES string of the molecule is CCCCN(CC)C1COc2c(ccc(C)c2C)C1O. The molecule has 1 aromatic carbocycles.